The van der Waals surface area contributed by atoms with Crippen LogP contribution in [0.1, 0.15) is 112 Å². The number of carbonyl (C=O) groups excluding carboxylic acids is 10. The van der Waals surface area contributed by atoms with Crippen LogP contribution in [0.2, 0.25) is 0 Å². The van der Waals surface area contributed by atoms with Crippen molar-refractivity contribution in [3.05, 3.63) is 71.8 Å². The zero-order valence-corrected chi connectivity index (χ0v) is 51.0. The Morgan fingerprint density at radius 3 is 1.62 bits per heavy atom. The molecule has 0 saturated carbocycles. The minimum Gasteiger partial charge on any atom is -0.480 e. The van der Waals surface area contributed by atoms with Gasteiger partial charge in [0.05, 0.1) is 38.0 Å². The lowest BCUT2D eigenvalue weighted by Gasteiger charge is -2.33. The van der Waals surface area contributed by atoms with E-state index in [2.05, 4.69) is 52.8 Å². The molecule has 31 heteroatoms. The van der Waals surface area contributed by atoms with Crippen LogP contribution in [-0.4, -0.2) is 189 Å². The van der Waals surface area contributed by atoms with Crippen molar-refractivity contribution in [3.8, 4) is 0 Å². The topological polar surface area (TPSA) is 492 Å². The Hall–Kier alpha value is -8.68. The molecule has 0 saturated heterocycles. The van der Waals surface area contributed by atoms with E-state index in [4.69, 9.17) is 26.0 Å². The maximum absolute atomic E-state index is 14.8. The van der Waals surface area contributed by atoms with Gasteiger partial charge >= 0.3 is 18.2 Å². The molecule has 12 atom stereocenters. The van der Waals surface area contributed by atoms with Gasteiger partial charge in [-0.1, -0.05) is 108 Å². The predicted octanol–water partition coefficient (Wildman–Crippen LogP) is -2.58. The van der Waals surface area contributed by atoms with E-state index < -0.39 is 169 Å². The van der Waals surface area contributed by atoms with Crippen LogP contribution in [0.4, 0.5) is 9.59 Å². The van der Waals surface area contributed by atoms with Crippen molar-refractivity contribution in [1.29, 1.82) is 0 Å². The number of hydrogen-bond acceptors (Lipinski definition) is 18. The maximum atomic E-state index is 14.8. The molecule has 0 radical (unpaired) electrons. The molecule has 2 aromatic carbocycles. The highest BCUT2D eigenvalue weighted by molar-refractivity contribution is 5.98. The number of aliphatic hydroxyl groups excluding tert-OH is 4. The summed E-state index contributed by atoms with van der Waals surface area (Å²) in [6.07, 6.45) is -5.10. The quantitative estimate of drug-likeness (QED) is 0.0189. The third-order valence-corrected chi connectivity index (χ3v) is 13.2. The molecule has 1 unspecified atom stereocenters. The van der Waals surface area contributed by atoms with Crippen molar-refractivity contribution in [2.45, 2.75) is 173 Å². The van der Waals surface area contributed by atoms with Gasteiger partial charge in [0.1, 0.15) is 60.5 Å². The van der Waals surface area contributed by atoms with Crippen LogP contribution in [0.15, 0.2) is 65.7 Å². The average molecular weight is 1240 g/mol. The Bertz CT molecular complexity index is 2660. The fourth-order valence-corrected chi connectivity index (χ4v) is 8.22. The fourth-order valence-electron chi connectivity index (χ4n) is 8.22. The summed E-state index contributed by atoms with van der Waals surface area (Å²) in [5.74, 6) is -11.8. The molecule has 0 aliphatic heterocycles. The van der Waals surface area contributed by atoms with Crippen LogP contribution < -0.4 is 64.6 Å². The first-order valence-electron chi connectivity index (χ1n) is 28.6. The lowest BCUT2D eigenvalue weighted by Crippen LogP contribution is -2.63. The Labute approximate surface area is 510 Å². The summed E-state index contributed by atoms with van der Waals surface area (Å²) in [5, 5.41) is 74.2. The van der Waals surface area contributed by atoms with Gasteiger partial charge in [0, 0.05) is 6.54 Å². The Kier molecular flexibility index (Phi) is 32.4. The summed E-state index contributed by atoms with van der Waals surface area (Å²) in [7, 11) is 0. The van der Waals surface area contributed by atoms with E-state index in [1.807, 2.05) is 5.32 Å². The van der Waals surface area contributed by atoms with Gasteiger partial charge < -0.3 is 99.6 Å². The molecule has 19 N–H and O–H groups in total. The number of carboxylic acid groups (broad SMARTS) is 1. The number of alkyl carbamates (subject to hydrolysis) is 2. The molecule has 10 amide bonds. The number of ether oxygens (including phenoxy) is 2. The number of amides is 10. The number of carboxylic acids is 1. The van der Waals surface area contributed by atoms with Crippen LogP contribution in [0.5, 0.6) is 0 Å². The van der Waals surface area contributed by atoms with Crippen molar-refractivity contribution in [2.24, 2.45) is 28.3 Å². The monoisotopic (exact) mass is 1240 g/mol. The fraction of sp³-hybridized carbons (Fsp3) is 0.579. The lowest BCUT2D eigenvalue weighted by atomic mass is 9.95. The molecule has 0 spiro atoms. The molecule has 0 aromatic heterocycles. The number of carbonyl (C=O) groups is 11. The highest BCUT2D eigenvalue weighted by atomic mass is 16.6. The highest BCUT2D eigenvalue weighted by Crippen LogP contribution is 2.21. The van der Waals surface area contributed by atoms with E-state index >= 15 is 0 Å². The van der Waals surface area contributed by atoms with E-state index in [-0.39, 0.29) is 51.2 Å². The van der Waals surface area contributed by atoms with Gasteiger partial charge in [0.2, 0.25) is 47.3 Å². The first kappa shape index (κ1) is 75.4. The molecule has 0 fully saturated rings. The van der Waals surface area contributed by atoms with Crippen molar-refractivity contribution in [3.63, 3.8) is 0 Å². The van der Waals surface area contributed by atoms with Gasteiger partial charge in [0.15, 0.2) is 5.96 Å². The molecule has 0 aliphatic carbocycles. The molecule has 0 aliphatic rings. The molecular formula is C57H89N13O18. The van der Waals surface area contributed by atoms with Gasteiger partial charge in [0.25, 0.3) is 0 Å². The van der Waals surface area contributed by atoms with E-state index in [0.717, 1.165) is 6.92 Å². The first-order valence-corrected chi connectivity index (χ1v) is 28.6. The average Bonchev–Trinajstić information content (AvgIpc) is 3.40. The van der Waals surface area contributed by atoms with Crippen molar-refractivity contribution in [1.82, 2.24) is 53.2 Å². The van der Waals surface area contributed by atoms with Gasteiger partial charge in [-0.2, -0.15) is 0 Å². The molecule has 31 nitrogen and oxygen atoms in total. The number of benzene rings is 2. The SMILES string of the molecule is CCC[C@H](NC(=O)C(NC(=O)[C@@H](NC(=O)OCc1ccccc1)[C@H](NC(=O)OC(C)(C)C)c1ccccc1)[C@H](O)C(C)C)C(=O)N[C@H](CCCN=C(N)N)C(=O)N[C@H](C(=O)N[C@H](C(=O)NCC(=O)N[C@@H](CO)C(=O)N[C@@H](CO)C(=O)O)[C@H](C)O)[C@@H](C)CC. The molecule has 490 valence electrons. The second-order valence-corrected chi connectivity index (χ2v) is 22.0. The third kappa shape index (κ3) is 26.5. The number of hydrogen-bond donors (Lipinski definition) is 17. The first-order chi connectivity index (χ1) is 41.4. The minimum atomic E-state index is -1.86. The van der Waals surface area contributed by atoms with Crippen molar-refractivity contribution in [2.75, 3.05) is 26.3 Å². The van der Waals surface area contributed by atoms with Crippen molar-refractivity contribution >= 4 is 71.4 Å². The molecule has 2 aromatic rings. The summed E-state index contributed by atoms with van der Waals surface area (Å²) in [6.45, 7) is 10.8. The van der Waals surface area contributed by atoms with Gasteiger partial charge in [-0.25, -0.2) is 14.4 Å². The summed E-state index contributed by atoms with van der Waals surface area (Å²) in [6, 6.07) is 1.88. The predicted molar refractivity (Wildman–Crippen MR) is 317 cm³/mol. The van der Waals surface area contributed by atoms with Crippen LogP contribution in [0, 0.1) is 11.8 Å². The zero-order chi connectivity index (χ0) is 66.4. The van der Waals surface area contributed by atoms with E-state index in [1.54, 1.807) is 116 Å². The van der Waals surface area contributed by atoms with Crippen LogP contribution in [-0.2, 0) is 59.2 Å². The Morgan fingerprint density at radius 2 is 1.09 bits per heavy atom. The largest absolute Gasteiger partial charge is 0.480 e. The van der Waals surface area contributed by atoms with Crippen LogP contribution in [0.25, 0.3) is 0 Å². The summed E-state index contributed by atoms with van der Waals surface area (Å²) in [5.41, 5.74) is 10.9. The number of aliphatic imine (C=N–C) groups is 1. The van der Waals surface area contributed by atoms with E-state index in [1.165, 1.54) is 0 Å². The maximum Gasteiger partial charge on any atom is 0.408 e. The molecule has 0 bridgehead atoms. The Morgan fingerprint density at radius 1 is 0.580 bits per heavy atom. The van der Waals surface area contributed by atoms with E-state index in [0.29, 0.717) is 11.1 Å². The third-order valence-electron chi connectivity index (χ3n) is 13.2. The number of aliphatic hydroxyl groups is 4. The standard InChI is InChI=1S/C57H89N13O18/c1-10-19-35(64-52(82)44(45(75)30(3)4)68-51(81)43(70-55(85)87-29-33-20-14-12-15-21-33)42(34-22-16-13-17-23-34)69-56(86)88-57(7,8)9)46(76)63-36(24-18-25-60-54(58)59)47(77)66-40(31(5)11-2)50(80)67-41(32(6)73)49(79)61-26-39(74)62-37(27-71)48(78)65-38(28-72)53(83)84/h12-17,20-23,30-32,35-38,40-45,71-73,75H,10-11,18-19,24-29H2,1-9H3,(H,61,79)(H,62,74)(H,63,76)(H,64,82)(H,65,78)(H,66,77)(H,67,80)(H,68,81)(H,69,86)(H,70,85)(H,83,84)(H4,58,59,60)/t31-,32-,35-,36+,37-,38-,40-,41-,42+,43-,44?,45+/m0/s1. The zero-order valence-electron chi connectivity index (χ0n) is 51.0. The molecule has 0 heterocycles. The molecule has 88 heavy (non-hydrogen) atoms. The second kappa shape index (κ2) is 37.8. The Balaban J connectivity index is 2.51. The van der Waals surface area contributed by atoms with Gasteiger partial charge in [-0.15, -0.1) is 0 Å². The minimum absolute atomic E-state index is 0.0359. The van der Waals surface area contributed by atoms with Gasteiger partial charge in [-0.3, -0.25) is 43.3 Å². The summed E-state index contributed by atoms with van der Waals surface area (Å²) in [4.78, 5) is 153. The lowest BCUT2D eigenvalue weighted by molar-refractivity contribution is -0.143. The number of nitrogens with zero attached hydrogens (tertiary/aromatic N) is 1. The molecule has 2 rings (SSSR count). The second-order valence-electron chi connectivity index (χ2n) is 22.0. The van der Waals surface area contributed by atoms with Crippen LogP contribution >= 0.6 is 0 Å². The number of guanidine groups is 1. The molecular weight excluding hydrogens is 1150 g/mol. The number of rotatable bonds is 36. The number of nitrogens with two attached hydrogens (primary N) is 2. The number of aliphatic carboxylic acids is 1. The van der Waals surface area contributed by atoms with Crippen LogP contribution in [0.3, 0.4) is 0 Å². The summed E-state index contributed by atoms with van der Waals surface area (Å²) < 4.78 is 11.0. The number of nitrogens with one attached hydrogen (secondary N) is 10. The van der Waals surface area contributed by atoms with Crippen molar-refractivity contribution < 1.29 is 87.7 Å². The smallest absolute Gasteiger partial charge is 0.408 e. The van der Waals surface area contributed by atoms with Gasteiger partial charge in [-0.05, 0) is 69.9 Å². The van der Waals surface area contributed by atoms with E-state index in [9.17, 15) is 73.2 Å². The highest BCUT2D eigenvalue weighted by Gasteiger charge is 2.41. The summed E-state index contributed by atoms with van der Waals surface area (Å²) >= 11 is 0. The normalized spacial score (nSPS) is 15.3.